The van der Waals surface area contributed by atoms with Crippen molar-refractivity contribution in [2.75, 3.05) is 11.4 Å². The summed E-state index contributed by atoms with van der Waals surface area (Å²) in [5.74, 6) is -6.74. The quantitative estimate of drug-likeness (QED) is 0.178. The molecule has 7 rings (SSSR count). The first-order valence-electron chi connectivity index (χ1n) is 12.5. The van der Waals surface area contributed by atoms with E-state index in [1.54, 1.807) is 35.2 Å². The molecule has 4 nitrogen and oxygen atoms in total. The van der Waals surface area contributed by atoms with Crippen LogP contribution in [-0.4, -0.2) is 24.9 Å². The summed E-state index contributed by atoms with van der Waals surface area (Å²) < 4.78 is 87.3. The molecule has 3 aromatic rings. The summed E-state index contributed by atoms with van der Waals surface area (Å²) in [6.45, 7) is 6.16. The van der Waals surface area contributed by atoms with Gasteiger partial charge in [-0.05, 0) is 56.0 Å². The van der Waals surface area contributed by atoms with Crippen LogP contribution in [0.25, 0.3) is 0 Å². The summed E-state index contributed by atoms with van der Waals surface area (Å²) in [7, 11) is -4.03. The van der Waals surface area contributed by atoms with Gasteiger partial charge >= 0.3 is 0 Å². The van der Waals surface area contributed by atoms with Crippen LogP contribution in [-0.2, 0) is 22.0 Å². The Morgan fingerprint density at radius 1 is 0.947 bits per heavy atom. The van der Waals surface area contributed by atoms with Gasteiger partial charge in [-0.3, -0.25) is 0 Å². The average Bonchev–Trinajstić information content (AvgIpc) is 3.19. The van der Waals surface area contributed by atoms with Gasteiger partial charge in [-0.25, -0.2) is 26.0 Å². The second-order valence-electron chi connectivity index (χ2n) is 10.8. The van der Waals surface area contributed by atoms with Crippen molar-refractivity contribution in [1.29, 1.82) is 0 Å². The second-order valence-corrected chi connectivity index (χ2v) is 12.7. The molecule has 3 spiro atoms. The molecule has 0 bridgehead atoms. The molecule has 0 amide bonds. The molecule has 2 saturated carbocycles. The van der Waals surface area contributed by atoms with Gasteiger partial charge in [-0.1, -0.05) is 48.0 Å². The minimum Gasteiger partial charge on any atom is -0.346 e. The van der Waals surface area contributed by atoms with Gasteiger partial charge in [0.25, 0.3) is 0 Å². The third kappa shape index (κ3) is 2.36. The molecule has 2 aliphatic heterocycles. The van der Waals surface area contributed by atoms with E-state index in [1.807, 2.05) is 25.1 Å². The molecule has 0 N–H and O–H groups in total. The normalized spacial score (nSPS) is 29.3. The van der Waals surface area contributed by atoms with Crippen LogP contribution in [0.1, 0.15) is 36.0 Å². The maximum atomic E-state index is 15.0. The maximum Gasteiger partial charge on any atom is 0.245 e. The van der Waals surface area contributed by atoms with Crippen LogP contribution in [0.15, 0.2) is 71.6 Å². The smallest absolute Gasteiger partial charge is 0.245 e. The lowest BCUT2D eigenvalue weighted by Crippen LogP contribution is -2.54. The lowest BCUT2D eigenvalue weighted by atomic mass is 9.83. The number of hydrogen-bond donors (Lipinski definition) is 0. The molecule has 0 aromatic heterocycles. The molecule has 2 heterocycles. The van der Waals surface area contributed by atoms with Crippen molar-refractivity contribution < 1.29 is 26.0 Å². The molecule has 3 atom stereocenters. The molecular weight excluding hydrogens is 516 g/mol. The van der Waals surface area contributed by atoms with Crippen molar-refractivity contribution in [2.24, 2.45) is 5.41 Å². The fourth-order valence-electron chi connectivity index (χ4n) is 8.19. The highest BCUT2D eigenvalue weighted by Crippen LogP contribution is 2.92. The molecular formula is C29H24F4N2O2S. The van der Waals surface area contributed by atoms with E-state index in [4.69, 9.17) is 0 Å². The van der Waals surface area contributed by atoms with E-state index in [1.165, 1.54) is 4.31 Å². The Labute approximate surface area is 218 Å². The van der Waals surface area contributed by atoms with E-state index >= 15 is 0 Å². The first-order chi connectivity index (χ1) is 18.1. The highest BCUT2D eigenvalue weighted by molar-refractivity contribution is 7.89. The minimum absolute atomic E-state index is 0.140. The lowest BCUT2D eigenvalue weighted by Gasteiger charge is -2.40. The van der Waals surface area contributed by atoms with Crippen LogP contribution in [0.4, 0.5) is 23.2 Å². The molecule has 1 saturated heterocycles. The zero-order chi connectivity index (χ0) is 26.8. The van der Waals surface area contributed by atoms with Crippen molar-refractivity contribution in [3.63, 3.8) is 0 Å². The highest BCUT2D eigenvalue weighted by Gasteiger charge is 2.99. The zero-order valence-electron chi connectivity index (χ0n) is 20.6. The standard InChI is InChI=1S/C29H24F4N2O2S/c1-17-7-9-20(10-8-17)38(36,37)35-14-13-27-12-11-18(2)28(27)21-5-3-4-6-23(21)34(29(27,28)35)16-19-15-22(30)25(32)26(33)24(19)31/h3-10,15H,2,11-14,16H2,1H3/t27-,28+,29-/m1/s1. The predicted octanol–water partition coefficient (Wildman–Crippen LogP) is 5.95. The summed E-state index contributed by atoms with van der Waals surface area (Å²) in [6.07, 6.45) is 1.97. The number of anilines is 1. The molecule has 3 fully saturated rings. The molecule has 4 aliphatic rings. The van der Waals surface area contributed by atoms with Gasteiger partial charge in [0.2, 0.25) is 10.0 Å². The van der Waals surface area contributed by atoms with Gasteiger partial charge in [-0.15, -0.1) is 0 Å². The van der Waals surface area contributed by atoms with Gasteiger partial charge in [0.15, 0.2) is 23.3 Å². The first kappa shape index (κ1) is 23.9. The number of sulfonamides is 1. The van der Waals surface area contributed by atoms with Crippen molar-refractivity contribution in [2.45, 2.75) is 48.7 Å². The molecule has 38 heavy (non-hydrogen) atoms. The fraction of sp³-hybridized carbons (Fsp3) is 0.310. The highest BCUT2D eigenvalue weighted by atomic mass is 32.2. The van der Waals surface area contributed by atoms with Gasteiger partial charge in [0, 0.05) is 29.8 Å². The van der Waals surface area contributed by atoms with Gasteiger partial charge < -0.3 is 4.90 Å². The number of hydrogen-bond acceptors (Lipinski definition) is 3. The monoisotopic (exact) mass is 540 g/mol. The Bertz CT molecular complexity index is 1670. The summed E-state index contributed by atoms with van der Waals surface area (Å²) in [6, 6.07) is 14.7. The molecule has 3 aromatic carbocycles. The van der Waals surface area contributed by atoms with Crippen LogP contribution < -0.4 is 4.90 Å². The zero-order valence-corrected chi connectivity index (χ0v) is 21.4. The van der Waals surface area contributed by atoms with Gasteiger partial charge in [-0.2, -0.15) is 4.31 Å². The summed E-state index contributed by atoms with van der Waals surface area (Å²) in [5.41, 5.74) is 0.560. The van der Waals surface area contributed by atoms with Crippen LogP contribution in [0.5, 0.6) is 0 Å². The first-order valence-corrected chi connectivity index (χ1v) is 14.0. The van der Waals surface area contributed by atoms with Gasteiger partial charge in [0.1, 0.15) is 5.66 Å². The third-order valence-corrected chi connectivity index (χ3v) is 11.3. The number of aryl methyl sites for hydroxylation is 1. The van der Waals surface area contributed by atoms with E-state index in [0.29, 0.717) is 24.6 Å². The molecule has 2 aliphatic carbocycles. The Hall–Kier alpha value is -3.17. The van der Waals surface area contributed by atoms with E-state index in [0.717, 1.165) is 23.1 Å². The summed E-state index contributed by atoms with van der Waals surface area (Å²) in [4.78, 5) is 1.92. The maximum absolute atomic E-state index is 15.0. The predicted molar refractivity (Wildman–Crippen MR) is 134 cm³/mol. The fourth-order valence-corrected chi connectivity index (χ4v) is 10.0. The van der Waals surface area contributed by atoms with Crippen LogP contribution in [0.2, 0.25) is 0 Å². The van der Waals surface area contributed by atoms with E-state index in [9.17, 15) is 26.0 Å². The molecule has 9 heteroatoms. The molecule has 0 unspecified atom stereocenters. The number of nitrogens with zero attached hydrogens (tertiary/aromatic N) is 2. The van der Waals surface area contributed by atoms with E-state index < -0.39 is 49.8 Å². The third-order valence-electron chi connectivity index (χ3n) is 9.44. The number of rotatable bonds is 4. The Morgan fingerprint density at radius 2 is 1.66 bits per heavy atom. The number of para-hydroxylation sites is 1. The van der Waals surface area contributed by atoms with Crippen molar-refractivity contribution >= 4 is 15.7 Å². The number of piperidine rings is 1. The van der Waals surface area contributed by atoms with Gasteiger partial charge in [0.05, 0.1) is 10.3 Å². The summed E-state index contributed by atoms with van der Waals surface area (Å²) in [5, 5.41) is 0. The number of halogens is 4. The molecule has 0 radical (unpaired) electrons. The molecule has 196 valence electrons. The van der Waals surface area contributed by atoms with E-state index in [2.05, 4.69) is 6.58 Å². The van der Waals surface area contributed by atoms with Crippen LogP contribution in [0, 0.1) is 35.6 Å². The van der Waals surface area contributed by atoms with Crippen molar-refractivity contribution in [1.82, 2.24) is 4.31 Å². The van der Waals surface area contributed by atoms with Crippen LogP contribution in [0.3, 0.4) is 0 Å². The largest absolute Gasteiger partial charge is 0.346 e. The Kier molecular flexibility index (Phi) is 4.57. The number of benzene rings is 3. The summed E-state index contributed by atoms with van der Waals surface area (Å²) >= 11 is 0. The Morgan fingerprint density at radius 3 is 2.39 bits per heavy atom. The van der Waals surface area contributed by atoms with Crippen LogP contribution >= 0.6 is 0 Å². The topological polar surface area (TPSA) is 40.6 Å². The SMILES string of the molecule is C=C1CC[C@]23CCN(S(=O)(=O)c4ccc(C)cc4)[C@]24N(Cc2cc(F)c(F)c(F)c2F)c2ccccc2[C@@]134. The van der Waals surface area contributed by atoms with Crippen molar-refractivity contribution in [3.8, 4) is 0 Å². The number of fused-ring (bicyclic) bond motifs is 1. The van der Waals surface area contributed by atoms with E-state index in [-0.39, 0.29) is 23.5 Å². The van der Waals surface area contributed by atoms with Crippen molar-refractivity contribution in [3.05, 3.63) is 107 Å². The second kappa shape index (κ2) is 7.27. The average molecular weight is 541 g/mol. The lowest BCUT2D eigenvalue weighted by molar-refractivity contribution is 0.283. The minimum atomic E-state index is -4.03. The Balaban J connectivity index is 1.47.